The van der Waals surface area contributed by atoms with Crippen LogP contribution in [0.25, 0.3) is 0 Å². The lowest BCUT2D eigenvalue weighted by Crippen LogP contribution is -2.33. The van der Waals surface area contributed by atoms with Gasteiger partial charge in [-0.2, -0.15) is 0 Å². The van der Waals surface area contributed by atoms with Gasteiger partial charge < -0.3 is 20.5 Å². The van der Waals surface area contributed by atoms with E-state index >= 15 is 0 Å². The number of hydrogen-bond donors (Lipinski definition) is 3. The van der Waals surface area contributed by atoms with Gasteiger partial charge in [0, 0.05) is 43.3 Å². The number of carbonyl (C=O) groups is 3. The summed E-state index contributed by atoms with van der Waals surface area (Å²) >= 11 is 0. The van der Waals surface area contributed by atoms with Gasteiger partial charge in [0.05, 0.1) is 5.76 Å². The number of rotatable bonds is 21. The molecule has 6 nitrogen and oxygen atoms in total. The molecule has 0 saturated carbocycles. The summed E-state index contributed by atoms with van der Waals surface area (Å²) in [6.07, 6.45) is 16.6. The Bertz CT molecular complexity index is 1100. The van der Waals surface area contributed by atoms with Gasteiger partial charge in [0.2, 0.25) is 5.91 Å². The van der Waals surface area contributed by atoms with E-state index in [1.54, 1.807) is 0 Å². The van der Waals surface area contributed by atoms with Crippen LogP contribution in [0.5, 0.6) is 0 Å². The number of nitrogens with one attached hydrogen (secondary N) is 2. The second kappa shape index (κ2) is 20.7. The first-order chi connectivity index (χ1) is 20.8. The van der Waals surface area contributed by atoms with Gasteiger partial charge in [0.15, 0.2) is 0 Å². The lowest BCUT2D eigenvalue weighted by molar-refractivity contribution is -0.125. The van der Waals surface area contributed by atoms with Gasteiger partial charge in [0.1, 0.15) is 6.29 Å². The maximum absolute atomic E-state index is 13.3. The first-order valence-corrected chi connectivity index (χ1v) is 16.6. The zero-order chi connectivity index (χ0) is 31.5. The Morgan fingerprint density at radius 1 is 1.00 bits per heavy atom. The van der Waals surface area contributed by atoms with E-state index in [0.717, 1.165) is 101 Å². The average molecular weight is 593 g/mol. The highest BCUT2D eigenvalue weighted by molar-refractivity contribution is 5.95. The van der Waals surface area contributed by atoms with E-state index in [1.165, 1.54) is 11.1 Å². The second-order valence-corrected chi connectivity index (χ2v) is 12.1. The first kappa shape index (κ1) is 36.0. The Labute approximate surface area is 260 Å². The number of allylic oxidation sites excluding steroid dienone is 5. The van der Waals surface area contributed by atoms with Crippen molar-refractivity contribution in [2.45, 2.75) is 117 Å². The van der Waals surface area contributed by atoms with Crippen LogP contribution in [0.2, 0.25) is 0 Å². The molecule has 0 aromatic heterocycles. The summed E-state index contributed by atoms with van der Waals surface area (Å²) in [5, 5.41) is 16.1. The standard InChI is InChI=1S/C37H56N2O4/c1-5-28(2)16-15-20-33(19-10-7-6-9-17-31-22-23-35(41)30(4)29(31)3)36(42)39-26-24-32-18-11-12-21-34(32)37(43)38-25-13-8-14-27-40/h11-12,17-18,21,27,29,33,41H,2,5-10,13-16,19-20,22-26H2,1,3-4H3,(H,38,43)(H,39,42)/b31-17-. The molecule has 1 aliphatic carbocycles. The maximum Gasteiger partial charge on any atom is 0.251 e. The van der Waals surface area contributed by atoms with Crippen LogP contribution < -0.4 is 10.6 Å². The Morgan fingerprint density at radius 2 is 1.74 bits per heavy atom. The molecule has 43 heavy (non-hydrogen) atoms. The SMILES string of the molecule is C=C(CC)CCCC(CCCCC/C=C1/CCC(O)=C(C)C1C)C(=O)NCCc1ccccc1C(=O)NCCCCC=O. The minimum absolute atomic E-state index is 0.0120. The highest BCUT2D eigenvalue weighted by atomic mass is 16.3. The van der Waals surface area contributed by atoms with Crippen molar-refractivity contribution >= 4 is 18.1 Å². The molecule has 2 amide bonds. The van der Waals surface area contributed by atoms with E-state index in [9.17, 15) is 19.5 Å². The molecular weight excluding hydrogens is 536 g/mol. The van der Waals surface area contributed by atoms with E-state index in [-0.39, 0.29) is 17.7 Å². The Morgan fingerprint density at radius 3 is 2.51 bits per heavy atom. The number of amides is 2. The Balaban J connectivity index is 1.84. The highest BCUT2D eigenvalue weighted by Gasteiger charge is 2.20. The van der Waals surface area contributed by atoms with Crippen molar-refractivity contribution in [2.24, 2.45) is 11.8 Å². The Kier molecular flexibility index (Phi) is 17.4. The summed E-state index contributed by atoms with van der Waals surface area (Å²) in [7, 11) is 0. The minimum atomic E-state index is -0.111. The molecule has 0 spiro atoms. The molecule has 0 fully saturated rings. The minimum Gasteiger partial charge on any atom is -0.512 e. The Hall–Kier alpha value is -3.15. The predicted octanol–water partition coefficient (Wildman–Crippen LogP) is 8.34. The smallest absolute Gasteiger partial charge is 0.251 e. The van der Waals surface area contributed by atoms with Gasteiger partial charge in [-0.1, -0.05) is 68.7 Å². The largest absolute Gasteiger partial charge is 0.512 e. The third-order valence-electron chi connectivity index (χ3n) is 8.92. The molecular formula is C37H56N2O4. The van der Waals surface area contributed by atoms with Crippen LogP contribution in [0.3, 0.4) is 0 Å². The second-order valence-electron chi connectivity index (χ2n) is 12.1. The topological polar surface area (TPSA) is 95.5 Å². The zero-order valence-electron chi connectivity index (χ0n) is 27.0. The van der Waals surface area contributed by atoms with Crippen LogP contribution in [0, 0.1) is 11.8 Å². The molecule has 2 rings (SSSR count). The fourth-order valence-corrected chi connectivity index (χ4v) is 5.74. The van der Waals surface area contributed by atoms with E-state index in [4.69, 9.17) is 0 Å². The fourth-order valence-electron chi connectivity index (χ4n) is 5.74. The predicted molar refractivity (Wildman–Crippen MR) is 177 cm³/mol. The van der Waals surface area contributed by atoms with Gasteiger partial charge >= 0.3 is 0 Å². The van der Waals surface area contributed by atoms with Crippen molar-refractivity contribution in [2.75, 3.05) is 13.1 Å². The molecule has 2 unspecified atom stereocenters. The summed E-state index contributed by atoms with van der Waals surface area (Å²) < 4.78 is 0. The number of aldehydes is 1. The van der Waals surface area contributed by atoms with Gasteiger partial charge in [-0.15, -0.1) is 0 Å². The van der Waals surface area contributed by atoms with Crippen molar-refractivity contribution < 1.29 is 19.5 Å². The summed E-state index contributed by atoms with van der Waals surface area (Å²) in [4.78, 5) is 36.5. The third-order valence-corrected chi connectivity index (χ3v) is 8.92. The lowest BCUT2D eigenvalue weighted by Gasteiger charge is -2.24. The quantitative estimate of drug-likeness (QED) is 0.0760. The summed E-state index contributed by atoms with van der Waals surface area (Å²) in [5.41, 5.74) is 5.35. The van der Waals surface area contributed by atoms with Gasteiger partial charge in [0.25, 0.3) is 5.91 Å². The third kappa shape index (κ3) is 13.4. The van der Waals surface area contributed by atoms with Crippen LogP contribution in [-0.4, -0.2) is 36.3 Å². The normalized spacial score (nSPS) is 16.6. The summed E-state index contributed by atoms with van der Waals surface area (Å²) in [6.45, 7) is 11.5. The van der Waals surface area contributed by atoms with Gasteiger partial charge in [-0.05, 0) is 94.8 Å². The van der Waals surface area contributed by atoms with E-state index in [1.807, 2.05) is 31.2 Å². The zero-order valence-corrected chi connectivity index (χ0v) is 27.0. The molecule has 238 valence electrons. The fraction of sp³-hybridized carbons (Fsp3) is 0.595. The number of carbonyl (C=O) groups excluding carboxylic acids is 3. The number of unbranched alkanes of at least 4 members (excludes halogenated alkanes) is 5. The van der Waals surface area contributed by atoms with Gasteiger partial charge in [-0.25, -0.2) is 0 Å². The van der Waals surface area contributed by atoms with Crippen LogP contribution in [-0.2, 0) is 16.0 Å². The van der Waals surface area contributed by atoms with E-state index in [0.29, 0.717) is 43.2 Å². The van der Waals surface area contributed by atoms with Crippen LogP contribution in [0.4, 0.5) is 0 Å². The molecule has 0 radical (unpaired) electrons. The van der Waals surface area contributed by atoms with Gasteiger partial charge in [-0.3, -0.25) is 9.59 Å². The number of benzene rings is 1. The molecule has 0 saturated heterocycles. The molecule has 1 aliphatic rings. The number of hydrogen-bond acceptors (Lipinski definition) is 4. The molecule has 1 aromatic rings. The molecule has 3 N–H and O–H groups in total. The van der Waals surface area contributed by atoms with E-state index in [2.05, 4.69) is 37.1 Å². The average Bonchev–Trinajstić information content (AvgIpc) is 3.01. The van der Waals surface area contributed by atoms with E-state index < -0.39 is 0 Å². The first-order valence-electron chi connectivity index (χ1n) is 16.6. The molecule has 0 bridgehead atoms. The van der Waals surface area contributed by atoms with Crippen molar-refractivity contribution in [3.8, 4) is 0 Å². The maximum atomic E-state index is 13.3. The van der Waals surface area contributed by atoms with Crippen molar-refractivity contribution in [3.05, 3.63) is 70.5 Å². The monoisotopic (exact) mass is 592 g/mol. The molecule has 1 aromatic carbocycles. The molecule has 2 atom stereocenters. The van der Waals surface area contributed by atoms with Crippen molar-refractivity contribution in [3.63, 3.8) is 0 Å². The van der Waals surface area contributed by atoms with Crippen molar-refractivity contribution in [1.29, 1.82) is 0 Å². The number of aliphatic hydroxyl groups is 1. The van der Waals surface area contributed by atoms with Crippen LogP contribution >= 0.6 is 0 Å². The highest BCUT2D eigenvalue weighted by Crippen LogP contribution is 2.33. The van der Waals surface area contributed by atoms with Crippen molar-refractivity contribution in [1.82, 2.24) is 10.6 Å². The summed E-state index contributed by atoms with van der Waals surface area (Å²) in [6, 6.07) is 7.56. The summed E-state index contributed by atoms with van der Waals surface area (Å²) in [5.74, 6) is 0.881. The van der Waals surface area contributed by atoms with Crippen LogP contribution in [0.15, 0.2) is 59.4 Å². The molecule has 0 aliphatic heterocycles. The van der Waals surface area contributed by atoms with Crippen LogP contribution in [0.1, 0.15) is 127 Å². The number of aliphatic hydroxyl groups excluding tert-OH is 1. The molecule has 0 heterocycles. The lowest BCUT2D eigenvalue weighted by atomic mass is 9.83. The molecule has 6 heteroatoms.